The number of rotatable bonds is 6. The standard InChI is InChI=1S/C20H20ClN9O2S/c21-14-8-22-20(33-14)25-17(32)13-6-11(31)9-30(13)19-24-16-2-1-5-29(16)18(26-19)23-15-7-12(27-28-15)10-3-4-10/h1-2,5,7-8,10-11,13,31H,3-4,6,9H2,(H,22,25,32)(H2,23,24,26,27,28)/t11-,13-/m0/s1. The number of H-pyrrole nitrogens is 1. The van der Waals surface area contributed by atoms with Gasteiger partial charge in [0.1, 0.15) is 16.0 Å². The quantitative estimate of drug-likeness (QED) is 0.327. The summed E-state index contributed by atoms with van der Waals surface area (Å²) in [4.78, 5) is 28.1. The van der Waals surface area contributed by atoms with E-state index in [1.54, 1.807) is 4.90 Å². The van der Waals surface area contributed by atoms with Gasteiger partial charge in [0, 0.05) is 36.8 Å². The molecule has 2 aliphatic rings. The van der Waals surface area contributed by atoms with Crippen LogP contribution >= 0.6 is 22.9 Å². The lowest BCUT2D eigenvalue weighted by Crippen LogP contribution is -2.40. The van der Waals surface area contributed by atoms with Crippen molar-refractivity contribution in [3.8, 4) is 0 Å². The average molecular weight is 486 g/mol. The summed E-state index contributed by atoms with van der Waals surface area (Å²) in [5.41, 5.74) is 1.77. The first-order valence-corrected chi connectivity index (χ1v) is 11.8. The summed E-state index contributed by atoms with van der Waals surface area (Å²) < 4.78 is 2.29. The lowest BCUT2D eigenvalue weighted by molar-refractivity contribution is -0.117. The second kappa shape index (κ2) is 7.97. The number of hydrogen-bond acceptors (Lipinski definition) is 9. The van der Waals surface area contributed by atoms with Gasteiger partial charge >= 0.3 is 0 Å². The van der Waals surface area contributed by atoms with Gasteiger partial charge < -0.3 is 20.6 Å². The molecule has 0 radical (unpaired) electrons. The summed E-state index contributed by atoms with van der Waals surface area (Å²) in [6.07, 6.45) is 5.26. The first-order chi connectivity index (χ1) is 16.0. The highest BCUT2D eigenvalue weighted by Gasteiger charge is 2.38. The van der Waals surface area contributed by atoms with Crippen LogP contribution in [-0.4, -0.2) is 59.3 Å². The van der Waals surface area contributed by atoms with E-state index in [1.807, 2.05) is 28.8 Å². The first kappa shape index (κ1) is 20.4. The number of hydrogen-bond donors (Lipinski definition) is 4. The molecule has 1 aliphatic heterocycles. The van der Waals surface area contributed by atoms with Gasteiger partial charge in [0.05, 0.1) is 12.3 Å². The van der Waals surface area contributed by atoms with E-state index in [0.29, 0.717) is 38.7 Å². The number of aromatic amines is 1. The summed E-state index contributed by atoms with van der Waals surface area (Å²) in [6.45, 7) is 0.237. The van der Waals surface area contributed by atoms with Crippen LogP contribution in [-0.2, 0) is 4.79 Å². The number of β-amino-alcohol motifs (C(OH)–C–C–N with tert-alkyl or cyclic N) is 1. The molecule has 4 aromatic heterocycles. The summed E-state index contributed by atoms with van der Waals surface area (Å²) in [6, 6.07) is 5.06. The molecule has 5 heterocycles. The van der Waals surface area contributed by atoms with Crippen molar-refractivity contribution in [2.24, 2.45) is 0 Å². The Hall–Kier alpha value is -3.22. The number of thiazole rings is 1. The number of halogens is 1. The maximum atomic E-state index is 13.0. The highest BCUT2D eigenvalue weighted by atomic mass is 35.5. The number of nitrogens with zero attached hydrogens (tertiary/aromatic N) is 6. The van der Waals surface area contributed by atoms with Gasteiger partial charge in [-0.05, 0) is 25.0 Å². The van der Waals surface area contributed by atoms with Crippen LogP contribution in [0.15, 0.2) is 30.6 Å². The van der Waals surface area contributed by atoms with Crippen molar-refractivity contribution in [2.75, 3.05) is 22.1 Å². The monoisotopic (exact) mass is 485 g/mol. The lowest BCUT2D eigenvalue weighted by atomic mass is 10.2. The van der Waals surface area contributed by atoms with Crippen LogP contribution in [0.1, 0.15) is 30.9 Å². The minimum Gasteiger partial charge on any atom is -0.391 e. The molecular formula is C20H20ClN9O2S. The molecule has 1 saturated heterocycles. The normalized spacial score (nSPS) is 20.5. The number of carbonyl (C=O) groups is 1. The summed E-state index contributed by atoms with van der Waals surface area (Å²) >= 11 is 7.09. The van der Waals surface area contributed by atoms with Gasteiger partial charge in [0.2, 0.25) is 17.8 Å². The number of fused-ring (bicyclic) bond motifs is 1. The van der Waals surface area contributed by atoms with Crippen LogP contribution in [0.3, 0.4) is 0 Å². The highest BCUT2D eigenvalue weighted by molar-refractivity contribution is 7.19. The molecule has 0 aromatic carbocycles. The Balaban J connectivity index is 1.30. The summed E-state index contributed by atoms with van der Waals surface area (Å²) in [5, 5.41) is 24.2. The Morgan fingerprint density at radius 3 is 3.00 bits per heavy atom. The minimum absolute atomic E-state index is 0.237. The van der Waals surface area contributed by atoms with Crippen molar-refractivity contribution in [2.45, 2.75) is 37.3 Å². The molecule has 2 atom stereocenters. The van der Waals surface area contributed by atoms with Crippen LogP contribution in [0.25, 0.3) is 5.65 Å². The van der Waals surface area contributed by atoms with E-state index >= 15 is 0 Å². The predicted octanol–water partition coefficient (Wildman–Crippen LogP) is 2.76. The van der Waals surface area contributed by atoms with Crippen LogP contribution in [0.4, 0.5) is 22.8 Å². The van der Waals surface area contributed by atoms with Crippen LogP contribution in [0.2, 0.25) is 4.34 Å². The van der Waals surface area contributed by atoms with Crippen molar-refractivity contribution in [1.82, 2.24) is 29.5 Å². The lowest BCUT2D eigenvalue weighted by Gasteiger charge is -2.23. The zero-order valence-electron chi connectivity index (χ0n) is 17.3. The molecule has 0 spiro atoms. The van der Waals surface area contributed by atoms with Gasteiger partial charge in [-0.2, -0.15) is 15.1 Å². The van der Waals surface area contributed by atoms with Crippen molar-refractivity contribution in [1.29, 1.82) is 0 Å². The van der Waals surface area contributed by atoms with Crippen molar-refractivity contribution >= 4 is 57.3 Å². The average Bonchev–Trinajstić information content (AvgIpc) is 3.17. The number of aliphatic hydroxyl groups excluding tert-OH is 1. The molecule has 11 nitrogen and oxygen atoms in total. The van der Waals surface area contributed by atoms with E-state index in [-0.39, 0.29) is 18.9 Å². The van der Waals surface area contributed by atoms with Crippen molar-refractivity contribution in [3.63, 3.8) is 0 Å². The van der Waals surface area contributed by atoms with Crippen LogP contribution in [0, 0.1) is 0 Å². The molecule has 170 valence electrons. The van der Waals surface area contributed by atoms with Gasteiger partial charge in [-0.3, -0.25) is 14.3 Å². The van der Waals surface area contributed by atoms with Crippen molar-refractivity contribution < 1.29 is 9.90 Å². The first-order valence-electron chi connectivity index (χ1n) is 10.6. The largest absolute Gasteiger partial charge is 0.391 e. The third kappa shape index (κ3) is 4.01. The fourth-order valence-corrected chi connectivity index (χ4v) is 4.85. The molecule has 6 rings (SSSR count). The SMILES string of the molecule is O=C(Nc1ncc(Cl)s1)[C@@H]1C[C@H](O)CN1c1nc(Nc2cc(C3CC3)[nH]n2)n2cccc2n1. The van der Waals surface area contributed by atoms with E-state index < -0.39 is 12.1 Å². The second-order valence-corrected chi connectivity index (χ2v) is 9.87. The maximum Gasteiger partial charge on any atom is 0.249 e. The molecule has 4 N–H and O–H groups in total. The van der Waals surface area contributed by atoms with E-state index in [0.717, 1.165) is 5.69 Å². The van der Waals surface area contributed by atoms with Crippen LogP contribution < -0.4 is 15.5 Å². The van der Waals surface area contributed by atoms with E-state index in [1.165, 1.54) is 30.4 Å². The second-order valence-electron chi connectivity index (χ2n) is 8.21. The summed E-state index contributed by atoms with van der Waals surface area (Å²) in [7, 11) is 0. The summed E-state index contributed by atoms with van der Waals surface area (Å²) in [5.74, 6) is 1.77. The Morgan fingerprint density at radius 1 is 1.33 bits per heavy atom. The Kier molecular flexibility index (Phi) is 4.93. The molecule has 1 amide bonds. The zero-order chi connectivity index (χ0) is 22.5. The van der Waals surface area contributed by atoms with E-state index in [2.05, 4.69) is 35.8 Å². The smallest absolute Gasteiger partial charge is 0.249 e. The highest BCUT2D eigenvalue weighted by Crippen LogP contribution is 2.39. The third-order valence-electron chi connectivity index (χ3n) is 5.78. The van der Waals surface area contributed by atoms with E-state index in [4.69, 9.17) is 11.6 Å². The van der Waals surface area contributed by atoms with Gasteiger partial charge in [-0.15, -0.1) is 0 Å². The number of anilines is 4. The zero-order valence-corrected chi connectivity index (χ0v) is 18.8. The van der Waals surface area contributed by atoms with Crippen LogP contribution in [0.5, 0.6) is 0 Å². The maximum absolute atomic E-state index is 13.0. The van der Waals surface area contributed by atoms with Crippen molar-refractivity contribution in [3.05, 3.63) is 40.6 Å². The molecule has 33 heavy (non-hydrogen) atoms. The fraction of sp³-hybridized carbons (Fsp3) is 0.350. The van der Waals surface area contributed by atoms with E-state index in [9.17, 15) is 9.90 Å². The number of aromatic nitrogens is 6. The van der Waals surface area contributed by atoms with Gasteiger partial charge in [-0.1, -0.05) is 22.9 Å². The predicted molar refractivity (Wildman–Crippen MR) is 124 cm³/mol. The Labute approximate surface area is 196 Å². The number of aliphatic hydroxyl groups is 1. The molecular weight excluding hydrogens is 466 g/mol. The molecule has 1 saturated carbocycles. The molecule has 1 aliphatic carbocycles. The molecule has 0 bridgehead atoms. The van der Waals surface area contributed by atoms with Gasteiger partial charge in [0.15, 0.2) is 10.9 Å². The Morgan fingerprint density at radius 2 is 2.21 bits per heavy atom. The molecule has 2 fully saturated rings. The number of amides is 1. The van der Waals surface area contributed by atoms with Gasteiger partial charge in [-0.25, -0.2) is 4.98 Å². The third-order valence-corrected chi connectivity index (χ3v) is 6.81. The molecule has 4 aromatic rings. The number of nitrogens with one attached hydrogen (secondary N) is 3. The fourth-order valence-electron chi connectivity index (χ4n) is 4.04. The number of carbonyl (C=O) groups excluding carboxylic acids is 1. The topological polar surface area (TPSA) is 136 Å². The minimum atomic E-state index is -0.684. The van der Waals surface area contributed by atoms with Gasteiger partial charge in [0.25, 0.3) is 0 Å². The molecule has 0 unspecified atom stereocenters. The molecule has 13 heteroatoms. The Bertz CT molecular complexity index is 1330.